The second-order valence-electron chi connectivity index (χ2n) is 3.33. The lowest BCUT2D eigenvalue weighted by molar-refractivity contribution is 0.0416. The van der Waals surface area contributed by atoms with Crippen LogP contribution in [0, 0.1) is 0 Å². The molecule has 0 N–H and O–H groups in total. The SMILES string of the molecule is CC1CCOB(Oc2ccccc2)O1. The molecule has 2 rings (SSSR count). The Morgan fingerprint density at radius 3 is 2.86 bits per heavy atom. The molecule has 1 aromatic rings. The molecule has 0 saturated carbocycles. The molecule has 74 valence electrons. The third-order valence-corrected chi connectivity index (χ3v) is 2.10. The van der Waals surface area contributed by atoms with Gasteiger partial charge in [0, 0.05) is 12.7 Å². The zero-order chi connectivity index (χ0) is 9.80. The van der Waals surface area contributed by atoms with E-state index in [2.05, 4.69) is 0 Å². The fourth-order valence-electron chi connectivity index (χ4n) is 1.30. The average molecular weight is 192 g/mol. The highest BCUT2D eigenvalue weighted by molar-refractivity contribution is 6.37. The van der Waals surface area contributed by atoms with E-state index < -0.39 is 7.32 Å². The second kappa shape index (κ2) is 4.48. The Hall–Kier alpha value is -0.995. The van der Waals surface area contributed by atoms with Crippen LogP contribution in [0.4, 0.5) is 0 Å². The Morgan fingerprint density at radius 1 is 1.36 bits per heavy atom. The number of hydrogen-bond acceptors (Lipinski definition) is 3. The third kappa shape index (κ3) is 2.50. The number of hydrogen-bond donors (Lipinski definition) is 0. The van der Waals surface area contributed by atoms with Crippen LogP contribution in [0.5, 0.6) is 5.75 Å². The summed E-state index contributed by atoms with van der Waals surface area (Å²) in [5, 5.41) is 0. The van der Waals surface area contributed by atoms with Gasteiger partial charge in [0.15, 0.2) is 0 Å². The second-order valence-corrected chi connectivity index (χ2v) is 3.33. The van der Waals surface area contributed by atoms with Crippen molar-refractivity contribution in [3.63, 3.8) is 0 Å². The largest absolute Gasteiger partial charge is 0.713 e. The third-order valence-electron chi connectivity index (χ3n) is 2.10. The van der Waals surface area contributed by atoms with Crippen molar-refractivity contribution in [1.82, 2.24) is 0 Å². The molecule has 14 heavy (non-hydrogen) atoms. The first-order chi connectivity index (χ1) is 6.84. The van der Waals surface area contributed by atoms with Crippen LogP contribution in [0.3, 0.4) is 0 Å². The monoisotopic (exact) mass is 192 g/mol. The normalized spacial score (nSPS) is 22.1. The quantitative estimate of drug-likeness (QED) is 0.669. The number of benzene rings is 1. The van der Waals surface area contributed by atoms with E-state index >= 15 is 0 Å². The van der Waals surface area contributed by atoms with Gasteiger partial charge in [-0.05, 0) is 25.5 Å². The lowest BCUT2D eigenvalue weighted by atomic mass is 10.1. The molecule has 1 aliphatic rings. The molecule has 0 aromatic heterocycles. The van der Waals surface area contributed by atoms with Gasteiger partial charge in [0.1, 0.15) is 5.75 Å². The molecule has 1 saturated heterocycles. The first-order valence-corrected chi connectivity index (χ1v) is 4.83. The zero-order valence-corrected chi connectivity index (χ0v) is 8.18. The molecule has 1 aromatic carbocycles. The first kappa shape index (κ1) is 9.56. The Labute approximate surface area is 84.2 Å². The Balaban J connectivity index is 1.91. The molecule has 3 nitrogen and oxygen atoms in total. The zero-order valence-electron chi connectivity index (χ0n) is 8.18. The van der Waals surface area contributed by atoms with Gasteiger partial charge in [0.2, 0.25) is 0 Å². The smallest absolute Gasteiger partial charge is 0.512 e. The minimum absolute atomic E-state index is 0.206. The summed E-state index contributed by atoms with van der Waals surface area (Å²) < 4.78 is 16.2. The van der Waals surface area contributed by atoms with Crippen molar-refractivity contribution in [2.45, 2.75) is 19.4 Å². The van der Waals surface area contributed by atoms with E-state index in [1.54, 1.807) is 0 Å². The van der Waals surface area contributed by atoms with Crippen LogP contribution in [-0.4, -0.2) is 20.0 Å². The van der Waals surface area contributed by atoms with Crippen LogP contribution in [0.1, 0.15) is 13.3 Å². The van der Waals surface area contributed by atoms with Gasteiger partial charge in [-0.2, -0.15) is 0 Å². The summed E-state index contributed by atoms with van der Waals surface area (Å²) in [6.45, 7) is 2.71. The van der Waals surface area contributed by atoms with Crippen molar-refractivity contribution in [2.24, 2.45) is 0 Å². The average Bonchev–Trinajstić information content (AvgIpc) is 2.19. The van der Waals surface area contributed by atoms with Crippen LogP contribution < -0.4 is 4.65 Å². The summed E-state index contributed by atoms with van der Waals surface area (Å²) in [5.41, 5.74) is 0. The molecule has 1 atom stereocenters. The lowest BCUT2D eigenvalue weighted by Gasteiger charge is -2.24. The van der Waals surface area contributed by atoms with Gasteiger partial charge in [-0.3, -0.25) is 0 Å². The van der Waals surface area contributed by atoms with Crippen LogP contribution in [-0.2, 0) is 9.31 Å². The number of rotatable bonds is 2. The molecular weight excluding hydrogens is 179 g/mol. The number of para-hydroxylation sites is 1. The Kier molecular flexibility index (Phi) is 3.06. The van der Waals surface area contributed by atoms with Crippen molar-refractivity contribution >= 4 is 7.32 Å². The van der Waals surface area contributed by atoms with Crippen molar-refractivity contribution in [3.8, 4) is 5.75 Å². The van der Waals surface area contributed by atoms with Crippen LogP contribution in [0.25, 0.3) is 0 Å². The van der Waals surface area contributed by atoms with Crippen LogP contribution in [0.2, 0.25) is 0 Å². The van der Waals surface area contributed by atoms with Crippen molar-refractivity contribution in [2.75, 3.05) is 6.61 Å². The molecule has 0 aliphatic carbocycles. The van der Waals surface area contributed by atoms with Crippen LogP contribution in [0.15, 0.2) is 30.3 Å². The van der Waals surface area contributed by atoms with Crippen molar-refractivity contribution < 1.29 is 14.0 Å². The summed E-state index contributed by atoms with van der Waals surface area (Å²) in [5.74, 6) is 0.770. The Bertz CT molecular complexity index is 278. The van der Waals surface area contributed by atoms with Crippen molar-refractivity contribution in [3.05, 3.63) is 30.3 Å². The van der Waals surface area contributed by atoms with Gasteiger partial charge in [-0.15, -0.1) is 0 Å². The summed E-state index contributed by atoms with van der Waals surface area (Å²) in [4.78, 5) is 0. The molecule has 4 heteroatoms. The molecular formula is C10H13BO3. The molecule has 0 bridgehead atoms. The van der Waals surface area contributed by atoms with E-state index in [4.69, 9.17) is 14.0 Å². The van der Waals surface area contributed by atoms with E-state index in [0.29, 0.717) is 6.61 Å². The fraction of sp³-hybridized carbons (Fsp3) is 0.400. The lowest BCUT2D eigenvalue weighted by Crippen LogP contribution is -2.39. The fourth-order valence-corrected chi connectivity index (χ4v) is 1.30. The molecule has 1 unspecified atom stereocenters. The Morgan fingerprint density at radius 2 is 2.14 bits per heavy atom. The highest BCUT2D eigenvalue weighted by Gasteiger charge is 2.30. The van der Waals surface area contributed by atoms with E-state index in [0.717, 1.165) is 12.2 Å². The predicted octanol–water partition coefficient (Wildman–Crippen LogP) is 1.88. The maximum absolute atomic E-state index is 5.48. The standard InChI is InChI=1S/C10H13BO3/c1-9-7-8-12-11(13-9)14-10-5-3-2-4-6-10/h2-6,9H,7-8H2,1H3. The van der Waals surface area contributed by atoms with E-state index in [9.17, 15) is 0 Å². The maximum Gasteiger partial charge on any atom is 0.713 e. The van der Waals surface area contributed by atoms with Gasteiger partial charge in [0.05, 0.1) is 0 Å². The summed E-state index contributed by atoms with van der Waals surface area (Å²) in [6.07, 6.45) is 1.13. The van der Waals surface area contributed by atoms with Gasteiger partial charge in [-0.1, -0.05) is 18.2 Å². The molecule has 0 spiro atoms. The summed E-state index contributed by atoms with van der Waals surface area (Å²) in [6, 6.07) is 9.54. The summed E-state index contributed by atoms with van der Waals surface area (Å²) in [7, 11) is -0.554. The minimum atomic E-state index is -0.554. The van der Waals surface area contributed by atoms with E-state index in [-0.39, 0.29) is 6.10 Å². The van der Waals surface area contributed by atoms with Gasteiger partial charge in [0.25, 0.3) is 0 Å². The van der Waals surface area contributed by atoms with Crippen LogP contribution >= 0.6 is 0 Å². The minimum Gasteiger partial charge on any atom is -0.512 e. The highest BCUT2D eigenvalue weighted by atomic mass is 16.7. The topological polar surface area (TPSA) is 27.7 Å². The van der Waals surface area contributed by atoms with E-state index in [1.807, 2.05) is 37.3 Å². The highest BCUT2D eigenvalue weighted by Crippen LogP contribution is 2.15. The first-order valence-electron chi connectivity index (χ1n) is 4.83. The molecule has 1 aliphatic heterocycles. The van der Waals surface area contributed by atoms with Gasteiger partial charge < -0.3 is 14.0 Å². The molecule has 0 amide bonds. The maximum atomic E-state index is 5.48. The molecule has 1 heterocycles. The van der Waals surface area contributed by atoms with Gasteiger partial charge >= 0.3 is 7.32 Å². The summed E-state index contributed by atoms with van der Waals surface area (Å²) >= 11 is 0. The predicted molar refractivity (Wildman–Crippen MR) is 53.9 cm³/mol. The molecule has 1 fully saturated rings. The van der Waals surface area contributed by atoms with Gasteiger partial charge in [-0.25, -0.2) is 0 Å². The molecule has 0 radical (unpaired) electrons. The van der Waals surface area contributed by atoms with Crippen molar-refractivity contribution in [1.29, 1.82) is 0 Å². The van der Waals surface area contributed by atoms with E-state index in [1.165, 1.54) is 0 Å².